The lowest BCUT2D eigenvalue weighted by atomic mass is 9.73. The third kappa shape index (κ3) is 4.38. The summed E-state index contributed by atoms with van der Waals surface area (Å²) in [6.07, 6.45) is 0. The van der Waals surface area contributed by atoms with Crippen molar-refractivity contribution in [2.75, 3.05) is 9.80 Å². The summed E-state index contributed by atoms with van der Waals surface area (Å²) < 4.78 is 0. The molecule has 0 aromatic heterocycles. The molecule has 6 aromatic carbocycles. The van der Waals surface area contributed by atoms with Crippen LogP contribution < -0.4 is 9.80 Å². The van der Waals surface area contributed by atoms with Crippen molar-refractivity contribution in [1.82, 2.24) is 0 Å². The Morgan fingerprint density at radius 3 is 1.68 bits per heavy atom. The minimum Gasteiger partial charge on any atom is -0.310 e. The van der Waals surface area contributed by atoms with Crippen molar-refractivity contribution < 1.29 is 0 Å². The lowest BCUT2D eigenvalue weighted by molar-refractivity contribution is 0.632. The number of anilines is 6. The zero-order chi connectivity index (χ0) is 27.8. The van der Waals surface area contributed by atoms with Crippen LogP contribution in [0.3, 0.4) is 0 Å². The van der Waals surface area contributed by atoms with Crippen LogP contribution in [0.25, 0.3) is 11.1 Å². The first-order valence-electron chi connectivity index (χ1n) is 14.2. The van der Waals surface area contributed by atoms with Crippen molar-refractivity contribution in [3.8, 4) is 11.1 Å². The van der Waals surface area contributed by atoms with E-state index in [2.05, 4.69) is 181 Å². The van der Waals surface area contributed by atoms with Gasteiger partial charge in [0.05, 0.1) is 11.4 Å². The van der Waals surface area contributed by atoms with Gasteiger partial charge in [-0.2, -0.15) is 0 Å². The van der Waals surface area contributed by atoms with Crippen LogP contribution in [0.2, 0.25) is 0 Å². The topological polar surface area (TPSA) is 6.48 Å². The molecule has 7 rings (SSSR count). The molecule has 0 radical (unpaired) electrons. The van der Waals surface area contributed by atoms with Crippen LogP contribution in [0.15, 0.2) is 158 Å². The molecule has 0 unspecified atom stereocenters. The molecule has 0 amide bonds. The zero-order valence-corrected chi connectivity index (χ0v) is 23.4. The van der Waals surface area contributed by atoms with E-state index in [9.17, 15) is 0 Å². The molecular weight excluding hydrogens is 496 g/mol. The number of fused-ring (bicyclic) bond motifs is 2. The van der Waals surface area contributed by atoms with E-state index in [1.165, 1.54) is 33.6 Å². The number of hydrogen-bond donors (Lipinski definition) is 0. The van der Waals surface area contributed by atoms with E-state index in [-0.39, 0.29) is 5.41 Å². The van der Waals surface area contributed by atoms with E-state index in [0.29, 0.717) is 0 Å². The fourth-order valence-corrected chi connectivity index (χ4v) is 6.17. The van der Waals surface area contributed by atoms with E-state index >= 15 is 0 Å². The van der Waals surface area contributed by atoms with Crippen LogP contribution in [0.5, 0.6) is 0 Å². The van der Waals surface area contributed by atoms with Gasteiger partial charge in [-0.25, -0.2) is 0 Å². The highest BCUT2D eigenvalue weighted by Crippen LogP contribution is 2.53. The molecule has 41 heavy (non-hydrogen) atoms. The highest BCUT2D eigenvalue weighted by molar-refractivity contribution is 5.89. The monoisotopic (exact) mass is 528 g/mol. The fraction of sp³-hybridized carbons (Fsp3) is 0.0769. The third-order valence-electron chi connectivity index (χ3n) is 8.21. The Balaban J connectivity index is 1.42. The summed E-state index contributed by atoms with van der Waals surface area (Å²) >= 11 is 0. The summed E-state index contributed by atoms with van der Waals surface area (Å²) in [5.74, 6) is 0. The Bertz CT molecular complexity index is 1770. The predicted octanol–water partition coefficient (Wildman–Crippen LogP) is 10.9. The average Bonchev–Trinajstić information content (AvgIpc) is 3.03. The van der Waals surface area contributed by atoms with Crippen molar-refractivity contribution in [2.24, 2.45) is 0 Å². The van der Waals surface area contributed by atoms with Crippen molar-refractivity contribution in [1.29, 1.82) is 0 Å². The van der Waals surface area contributed by atoms with Gasteiger partial charge in [-0.3, -0.25) is 0 Å². The lowest BCUT2D eigenvalue weighted by Crippen LogP contribution is -2.31. The lowest BCUT2D eigenvalue weighted by Gasteiger charge is -2.42. The Morgan fingerprint density at radius 1 is 0.439 bits per heavy atom. The predicted molar refractivity (Wildman–Crippen MR) is 173 cm³/mol. The molecule has 0 atom stereocenters. The van der Waals surface area contributed by atoms with Crippen LogP contribution in [0.1, 0.15) is 25.0 Å². The van der Waals surface area contributed by atoms with Crippen LogP contribution in [-0.2, 0) is 5.41 Å². The summed E-state index contributed by atoms with van der Waals surface area (Å²) in [5.41, 5.74) is 11.9. The molecule has 6 aromatic rings. The van der Waals surface area contributed by atoms with Crippen molar-refractivity contribution in [2.45, 2.75) is 19.3 Å². The van der Waals surface area contributed by atoms with Crippen molar-refractivity contribution >= 4 is 34.1 Å². The van der Waals surface area contributed by atoms with Crippen LogP contribution in [0, 0.1) is 0 Å². The molecule has 0 aliphatic carbocycles. The molecule has 2 heteroatoms. The Labute approximate surface area is 242 Å². The molecule has 0 spiro atoms. The Morgan fingerprint density at radius 2 is 1.00 bits per heavy atom. The molecule has 0 fully saturated rings. The maximum absolute atomic E-state index is 2.43. The summed E-state index contributed by atoms with van der Waals surface area (Å²) in [7, 11) is 0. The summed E-state index contributed by atoms with van der Waals surface area (Å²) in [4.78, 5) is 4.78. The highest BCUT2D eigenvalue weighted by atomic mass is 15.2. The number of para-hydroxylation sites is 3. The van der Waals surface area contributed by atoms with Gasteiger partial charge in [0.1, 0.15) is 0 Å². The molecule has 1 aliphatic rings. The SMILES string of the molecule is CC1(C)c2ccccc2N(c2cccc(-c3ccccc3)c2)c2ccc(N(c3ccccc3)c3ccccc3)cc21. The van der Waals surface area contributed by atoms with Gasteiger partial charge >= 0.3 is 0 Å². The van der Waals surface area contributed by atoms with E-state index in [0.717, 1.165) is 22.7 Å². The van der Waals surface area contributed by atoms with E-state index < -0.39 is 0 Å². The quantitative estimate of drug-likeness (QED) is 0.220. The van der Waals surface area contributed by atoms with Gasteiger partial charge in [0.15, 0.2) is 0 Å². The number of nitrogens with zero attached hydrogens (tertiary/aromatic N) is 2. The smallest absolute Gasteiger partial charge is 0.0504 e. The minimum absolute atomic E-state index is 0.186. The van der Waals surface area contributed by atoms with Gasteiger partial charge in [-0.15, -0.1) is 0 Å². The maximum atomic E-state index is 2.43. The second kappa shape index (κ2) is 10.1. The first-order valence-corrected chi connectivity index (χ1v) is 14.2. The molecule has 198 valence electrons. The number of hydrogen-bond acceptors (Lipinski definition) is 2. The largest absolute Gasteiger partial charge is 0.310 e. The van der Waals surface area contributed by atoms with Crippen LogP contribution in [-0.4, -0.2) is 0 Å². The molecule has 1 heterocycles. The summed E-state index contributed by atoms with van der Waals surface area (Å²) in [5, 5.41) is 0. The zero-order valence-electron chi connectivity index (χ0n) is 23.4. The molecule has 2 nitrogen and oxygen atoms in total. The second-order valence-corrected chi connectivity index (χ2v) is 11.1. The highest BCUT2D eigenvalue weighted by Gasteiger charge is 2.37. The summed E-state index contributed by atoms with van der Waals surface area (Å²) in [6, 6.07) is 56.6. The van der Waals surface area contributed by atoms with Gasteiger partial charge in [-0.05, 0) is 82.9 Å². The average molecular weight is 529 g/mol. The number of benzene rings is 6. The first kappa shape index (κ1) is 24.9. The normalized spacial score (nSPS) is 13.3. The van der Waals surface area contributed by atoms with Gasteiger partial charge in [0, 0.05) is 28.2 Å². The van der Waals surface area contributed by atoms with E-state index in [1.54, 1.807) is 0 Å². The molecule has 0 bridgehead atoms. The molecule has 1 aliphatic heterocycles. The standard InChI is InChI=1S/C39H32N2/c1-39(2)35-23-12-13-24-37(35)41(33-22-14-17-30(27-33)29-15-6-3-7-16-29)38-26-25-34(28-36(38)39)40(31-18-8-4-9-19-31)32-20-10-5-11-21-32/h3-28H,1-2H3. The fourth-order valence-electron chi connectivity index (χ4n) is 6.17. The first-order chi connectivity index (χ1) is 20.1. The second-order valence-electron chi connectivity index (χ2n) is 11.1. The Kier molecular flexibility index (Phi) is 6.17. The molecule has 0 saturated heterocycles. The third-order valence-corrected chi connectivity index (χ3v) is 8.21. The van der Waals surface area contributed by atoms with Crippen LogP contribution in [0.4, 0.5) is 34.1 Å². The number of rotatable bonds is 5. The molecule has 0 saturated carbocycles. The summed E-state index contributed by atoms with van der Waals surface area (Å²) in [6.45, 7) is 4.70. The molecular formula is C39H32N2. The van der Waals surface area contributed by atoms with Gasteiger partial charge < -0.3 is 9.80 Å². The van der Waals surface area contributed by atoms with Gasteiger partial charge in [-0.1, -0.05) is 111 Å². The van der Waals surface area contributed by atoms with E-state index in [4.69, 9.17) is 0 Å². The van der Waals surface area contributed by atoms with Crippen molar-refractivity contribution in [3.05, 3.63) is 169 Å². The Hall–Kier alpha value is -5.08. The van der Waals surface area contributed by atoms with Gasteiger partial charge in [0.25, 0.3) is 0 Å². The van der Waals surface area contributed by atoms with Crippen molar-refractivity contribution in [3.63, 3.8) is 0 Å². The van der Waals surface area contributed by atoms with Gasteiger partial charge in [0.2, 0.25) is 0 Å². The van der Waals surface area contributed by atoms with E-state index in [1.807, 2.05) is 0 Å². The van der Waals surface area contributed by atoms with Crippen LogP contribution >= 0.6 is 0 Å². The molecule has 0 N–H and O–H groups in total. The maximum Gasteiger partial charge on any atom is 0.0504 e. The minimum atomic E-state index is -0.186.